The number of carbonyl (C=O) groups excluding carboxylic acids is 2. The highest BCUT2D eigenvalue weighted by Gasteiger charge is 2.48. The van der Waals surface area contributed by atoms with Crippen LogP contribution in [0.2, 0.25) is 16.6 Å². The third kappa shape index (κ3) is 6.14. The number of Topliss-reactive ketones (excluding diaryl/α,β-unsaturated/α-hetero) is 1. The molecule has 0 amide bonds. The second-order valence-corrected chi connectivity index (χ2v) is 15.6. The minimum atomic E-state index is -2.30. The van der Waals surface area contributed by atoms with Crippen LogP contribution in [0.5, 0.6) is 0 Å². The molecule has 4 nitrogen and oxygen atoms in total. The van der Waals surface area contributed by atoms with Gasteiger partial charge in [-0.3, -0.25) is 9.59 Å². The molecule has 0 aliphatic heterocycles. The van der Waals surface area contributed by atoms with E-state index in [4.69, 9.17) is 9.16 Å². The summed E-state index contributed by atoms with van der Waals surface area (Å²) in [5.74, 6) is -0.539. The summed E-state index contributed by atoms with van der Waals surface area (Å²) in [4.78, 5) is 24.1. The fraction of sp³-hybridized carbons (Fsp3) is 0.591. The molecule has 1 aliphatic carbocycles. The van der Waals surface area contributed by atoms with Crippen molar-refractivity contribution in [3.63, 3.8) is 0 Å². The smallest absolute Gasteiger partial charge is 0.304 e. The Morgan fingerprint density at radius 2 is 1.59 bits per heavy atom. The molecule has 0 bridgehead atoms. The molecule has 0 N–H and O–H groups in total. The second-order valence-electron chi connectivity index (χ2n) is 8.45. The van der Waals surface area contributed by atoms with E-state index in [0.717, 1.165) is 0 Å². The van der Waals surface area contributed by atoms with Crippen molar-refractivity contribution in [2.45, 2.75) is 77.8 Å². The first-order valence-electron chi connectivity index (χ1n) is 9.84. The number of ketones is 1. The summed E-state index contributed by atoms with van der Waals surface area (Å²) in [5, 5.41) is 0. The van der Waals surface area contributed by atoms with Crippen molar-refractivity contribution in [3.05, 3.63) is 39.5 Å². The van der Waals surface area contributed by atoms with Crippen molar-refractivity contribution >= 4 is 51.9 Å². The molecule has 162 valence electrons. The van der Waals surface area contributed by atoms with E-state index in [9.17, 15) is 9.59 Å². The molecule has 1 unspecified atom stereocenters. The Bertz CT molecular complexity index is 702. The number of halogens is 2. The van der Waals surface area contributed by atoms with Crippen LogP contribution in [0, 0.1) is 5.41 Å². The highest BCUT2D eigenvalue weighted by Crippen LogP contribution is 2.46. The van der Waals surface area contributed by atoms with Gasteiger partial charge in [-0.2, -0.15) is 0 Å². The van der Waals surface area contributed by atoms with Crippen LogP contribution >= 0.6 is 31.9 Å². The Hall–Kier alpha value is -0.723. The number of allylic oxidation sites excluding steroid dienone is 5. The predicted molar refractivity (Wildman–Crippen MR) is 127 cm³/mol. The van der Waals surface area contributed by atoms with Crippen LogP contribution in [0.25, 0.3) is 0 Å². The third-order valence-corrected chi connectivity index (χ3v) is 12.7. The zero-order chi connectivity index (χ0) is 22.6. The highest BCUT2D eigenvalue weighted by molar-refractivity contribution is 9.13. The van der Waals surface area contributed by atoms with Crippen LogP contribution in [-0.4, -0.2) is 26.4 Å². The van der Waals surface area contributed by atoms with Gasteiger partial charge < -0.3 is 9.16 Å². The van der Waals surface area contributed by atoms with E-state index in [1.807, 2.05) is 0 Å². The van der Waals surface area contributed by atoms with Gasteiger partial charge in [0.2, 0.25) is 14.1 Å². The lowest BCUT2D eigenvalue weighted by Gasteiger charge is -2.45. The van der Waals surface area contributed by atoms with Crippen molar-refractivity contribution < 1.29 is 18.8 Å². The maximum absolute atomic E-state index is 12.2. The standard InChI is InChI=1S/C22H32Br2O4Si/c1-9-10-22(11-18(23)21(26)19(24)12-22)13-20(27-17(8)25)28-29(14(2)3,15(4)5)16(6)7/h10-12,14-16,20H,1,13H2,2-8H3. The summed E-state index contributed by atoms with van der Waals surface area (Å²) in [5.41, 5.74) is 3.11. The molecule has 0 aromatic carbocycles. The zero-order valence-electron chi connectivity index (χ0n) is 18.3. The lowest BCUT2D eigenvalue weighted by Crippen LogP contribution is -2.51. The second kappa shape index (κ2) is 10.5. The van der Waals surface area contributed by atoms with Crippen LogP contribution in [-0.2, 0) is 18.8 Å². The van der Waals surface area contributed by atoms with Crippen LogP contribution in [0.15, 0.2) is 39.5 Å². The van der Waals surface area contributed by atoms with Crippen LogP contribution in [0.4, 0.5) is 0 Å². The van der Waals surface area contributed by atoms with Crippen molar-refractivity contribution in [2.75, 3.05) is 0 Å². The van der Waals surface area contributed by atoms with Crippen LogP contribution < -0.4 is 0 Å². The predicted octanol–water partition coefficient (Wildman–Crippen LogP) is 6.93. The summed E-state index contributed by atoms with van der Waals surface area (Å²) < 4.78 is 13.3. The summed E-state index contributed by atoms with van der Waals surface area (Å²) in [6.07, 6.45) is 4.93. The maximum Gasteiger partial charge on any atom is 0.304 e. The number of hydrogen-bond donors (Lipinski definition) is 0. The Morgan fingerprint density at radius 1 is 1.14 bits per heavy atom. The van der Waals surface area contributed by atoms with Gasteiger partial charge in [0.15, 0.2) is 6.29 Å². The molecule has 0 heterocycles. The first-order valence-corrected chi connectivity index (χ1v) is 13.6. The van der Waals surface area contributed by atoms with Gasteiger partial charge in [0.05, 0.1) is 8.96 Å². The van der Waals surface area contributed by atoms with Crippen molar-refractivity contribution in [1.29, 1.82) is 0 Å². The van der Waals surface area contributed by atoms with Crippen molar-refractivity contribution in [3.8, 4) is 0 Å². The highest BCUT2D eigenvalue weighted by atomic mass is 79.9. The molecule has 0 saturated heterocycles. The molecule has 0 aromatic heterocycles. The summed E-state index contributed by atoms with van der Waals surface area (Å²) in [6, 6.07) is 0. The zero-order valence-corrected chi connectivity index (χ0v) is 22.5. The first-order chi connectivity index (χ1) is 13.3. The normalized spacial score (nSPS) is 17.7. The first kappa shape index (κ1) is 26.3. The molecule has 7 heteroatoms. The summed E-state index contributed by atoms with van der Waals surface area (Å²) >= 11 is 6.69. The van der Waals surface area contributed by atoms with Gasteiger partial charge in [-0.05, 0) is 54.6 Å². The van der Waals surface area contributed by atoms with E-state index in [1.165, 1.54) is 6.92 Å². The molecule has 0 spiro atoms. The Kier molecular flexibility index (Phi) is 9.56. The molecular formula is C22H32Br2O4Si. The van der Waals surface area contributed by atoms with Crippen LogP contribution in [0.3, 0.4) is 0 Å². The van der Waals surface area contributed by atoms with E-state index in [0.29, 0.717) is 32.0 Å². The monoisotopic (exact) mass is 546 g/mol. The average molecular weight is 548 g/mol. The van der Waals surface area contributed by atoms with Gasteiger partial charge in [0.1, 0.15) is 0 Å². The van der Waals surface area contributed by atoms with Crippen molar-refractivity contribution in [1.82, 2.24) is 0 Å². The van der Waals surface area contributed by atoms with E-state index in [1.54, 1.807) is 18.2 Å². The SMILES string of the molecule is C=C=CC1(CC(OC(C)=O)O[Si](C(C)C)(C(C)C)C(C)C)C=C(Br)C(=O)C(Br)=C1. The molecular weight excluding hydrogens is 516 g/mol. The fourth-order valence-corrected chi connectivity index (χ4v) is 11.4. The Balaban J connectivity index is 3.46. The van der Waals surface area contributed by atoms with Gasteiger partial charge in [-0.1, -0.05) is 60.3 Å². The molecule has 0 radical (unpaired) electrons. The number of esters is 1. The van der Waals surface area contributed by atoms with Gasteiger partial charge in [-0.15, -0.1) is 5.73 Å². The summed E-state index contributed by atoms with van der Waals surface area (Å²) in [6.45, 7) is 18.2. The van der Waals surface area contributed by atoms with E-state index >= 15 is 0 Å². The lowest BCUT2D eigenvalue weighted by atomic mass is 9.80. The molecule has 0 aromatic rings. The average Bonchev–Trinajstić information content (AvgIpc) is 2.56. The number of hydrogen-bond acceptors (Lipinski definition) is 4. The topological polar surface area (TPSA) is 52.6 Å². The fourth-order valence-electron chi connectivity index (χ4n) is 4.43. The minimum absolute atomic E-state index is 0.140. The molecule has 1 rings (SSSR count). The number of ether oxygens (including phenoxy) is 1. The Morgan fingerprint density at radius 3 is 1.93 bits per heavy atom. The number of carbonyl (C=O) groups is 2. The van der Waals surface area contributed by atoms with Gasteiger partial charge in [0.25, 0.3) is 0 Å². The molecule has 1 aliphatic rings. The van der Waals surface area contributed by atoms with E-state index in [2.05, 4.69) is 85.7 Å². The Labute approximate surface area is 192 Å². The van der Waals surface area contributed by atoms with Gasteiger partial charge in [-0.25, -0.2) is 0 Å². The maximum atomic E-state index is 12.2. The third-order valence-electron chi connectivity index (χ3n) is 5.46. The molecule has 29 heavy (non-hydrogen) atoms. The minimum Gasteiger partial charge on any atom is -0.437 e. The molecule has 0 saturated carbocycles. The van der Waals surface area contributed by atoms with E-state index in [-0.39, 0.29) is 5.78 Å². The summed E-state index contributed by atoms with van der Waals surface area (Å²) in [7, 11) is -2.30. The van der Waals surface area contributed by atoms with Crippen molar-refractivity contribution in [2.24, 2.45) is 5.41 Å². The van der Waals surface area contributed by atoms with Crippen LogP contribution in [0.1, 0.15) is 54.9 Å². The molecule has 1 atom stereocenters. The van der Waals surface area contributed by atoms with Gasteiger partial charge in [0, 0.05) is 18.8 Å². The van der Waals surface area contributed by atoms with E-state index < -0.39 is 26.0 Å². The largest absolute Gasteiger partial charge is 0.437 e. The number of rotatable bonds is 9. The van der Waals surface area contributed by atoms with Gasteiger partial charge >= 0.3 is 5.97 Å². The quantitative estimate of drug-likeness (QED) is 0.136. The lowest BCUT2D eigenvalue weighted by molar-refractivity contribution is -0.165. The molecule has 0 fully saturated rings.